The molecular formula is C9H16N2O3S. The van der Waals surface area contributed by atoms with Gasteiger partial charge >= 0.3 is 0 Å². The summed E-state index contributed by atoms with van der Waals surface area (Å²) in [7, 11) is -2.99. The second-order valence-corrected chi connectivity index (χ2v) is 6.83. The molecule has 0 aromatic heterocycles. The maximum Gasteiger partial charge on any atom is 0.222 e. The third kappa shape index (κ3) is 1.88. The highest BCUT2D eigenvalue weighted by Crippen LogP contribution is 2.40. The highest BCUT2D eigenvalue weighted by Gasteiger charge is 2.50. The number of carbonyl (C=O) groups excluding carboxylic acids is 1. The fourth-order valence-corrected chi connectivity index (χ4v) is 4.90. The first-order chi connectivity index (χ1) is 6.95. The van der Waals surface area contributed by atoms with Gasteiger partial charge in [0.1, 0.15) is 0 Å². The van der Waals surface area contributed by atoms with Crippen LogP contribution in [0.5, 0.6) is 0 Å². The Labute approximate surface area is 89.3 Å². The molecule has 1 amide bonds. The van der Waals surface area contributed by atoms with Gasteiger partial charge in [-0.05, 0) is 12.8 Å². The van der Waals surface area contributed by atoms with Gasteiger partial charge in [-0.15, -0.1) is 0 Å². The third-order valence-corrected chi connectivity index (χ3v) is 5.47. The lowest BCUT2D eigenvalue weighted by molar-refractivity contribution is -0.124. The maximum absolute atomic E-state index is 11.6. The van der Waals surface area contributed by atoms with Gasteiger partial charge in [0.25, 0.3) is 0 Å². The van der Waals surface area contributed by atoms with Crippen molar-refractivity contribution in [2.24, 2.45) is 17.1 Å². The number of amides is 1. The van der Waals surface area contributed by atoms with Crippen LogP contribution >= 0.6 is 0 Å². The second-order valence-electron chi connectivity index (χ2n) is 4.64. The van der Waals surface area contributed by atoms with Gasteiger partial charge in [-0.25, -0.2) is 8.42 Å². The van der Waals surface area contributed by atoms with Crippen molar-refractivity contribution >= 4 is 15.7 Å². The molecule has 0 aromatic rings. The molecule has 2 aliphatic rings. The zero-order chi connectivity index (χ0) is 11.1. The lowest BCUT2D eigenvalue weighted by atomic mass is 9.75. The third-order valence-electron chi connectivity index (χ3n) is 3.55. The highest BCUT2D eigenvalue weighted by atomic mass is 32.2. The van der Waals surface area contributed by atoms with Gasteiger partial charge in [0.05, 0.1) is 17.4 Å². The first kappa shape index (κ1) is 10.9. The normalized spacial score (nSPS) is 39.3. The lowest BCUT2D eigenvalue weighted by Gasteiger charge is -2.36. The van der Waals surface area contributed by atoms with Crippen molar-refractivity contribution in [2.75, 3.05) is 24.6 Å². The smallest absolute Gasteiger partial charge is 0.222 e. The van der Waals surface area contributed by atoms with E-state index in [9.17, 15) is 13.2 Å². The van der Waals surface area contributed by atoms with Gasteiger partial charge in [0.2, 0.25) is 5.91 Å². The molecule has 6 heteroatoms. The summed E-state index contributed by atoms with van der Waals surface area (Å²) in [5.41, 5.74) is 4.89. The first-order valence-electron chi connectivity index (χ1n) is 5.16. The molecule has 3 N–H and O–H groups in total. The molecule has 86 valence electrons. The van der Waals surface area contributed by atoms with Crippen molar-refractivity contribution in [3.63, 3.8) is 0 Å². The number of nitrogens with two attached hydrogens (primary N) is 1. The molecule has 2 fully saturated rings. The van der Waals surface area contributed by atoms with Crippen LogP contribution in [0.3, 0.4) is 0 Å². The van der Waals surface area contributed by atoms with Gasteiger partial charge < -0.3 is 11.1 Å². The van der Waals surface area contributed by atoms with E-state index in [2.05, 4.69) is 5.32 Å². The number of nitrogens with one attached hydrogen (secondary N) is 1. The minimum Gasteiger partial charge on any atom is -0.369 e. The summed E-state index contributed by atoms with van der Waals surface area (Å²) in [6.07, 6.45) is 1.43. The molecule has 2 saturated heterocycles. The molecule has 2 atom stereocenters. The fourth-order valence-electron chi connectivity index (χ4n) is 2.85. The van der Waals surface area contributed by atoms with Crippen molar-refractivity contribution in [3.8, 4) is 0 Å². The predicted octanol–water partition coefficient (Wildman–Crippen LogP) is -1.11. The number of hydrogen-bond donors (Lipinski definition) is 2. The Balaban J connectivity index is 2.28. The molecule has 1 spiro atoms. The van der Waals surface area contributed by atoms with Gasteiger partial charge in [0, 0.05) is 18.5 Å². The van der Waals surface area contributed by atoms with Crippen molar-refractivity contribution < 1.29 is 13.2 Å². The van der Waals surface area contributed by atoms with Crippen molar-refractivity contribution in [1.82, 2.24) is 5.32 Å². The van der Waals surface area contributed by atoms with E-state index in [0.717, 1.165) is 6.42 Å². The Morgan fingerprint density at radius 3 is 2.80 bits per heavy atom. The molecule has 0 saturated carbocycles. The van der Waals surface area contributed by atoms with Crippen LogP contribution in [0.2, 0.25) is 0 Å². The van der Waals surface area contributed by atoms with E-state index in [1.807, 2.05) is 0 Å². The van der Waals surface area contributed by atoms with E-state index in [-0.39, 0.29) is 23.3 Å². The van der Waals surface area contributed by atoms with Gasteiger partial charge in [-0.1, -0.05) is 0 Å². The fraction of sp³-hybridized carbons (Fsp3) is 0.889. The zero-order valence-corrected chi connectivity index (χ0v) is 9.35. The Morgan fingerprint density at radius 2 is 2.20 bits per heavy atom. The van der Waals surface area contributed by atoms with Crippen LogP contribution in [0, 0.1) is 11.3 Å². The van der Waals surface area contributed by atoms with E-state index < -0.39 is 15.3 Å². The Bertz CT molecular complexity index is 379. The van der Waals surface area contributed by atoms with Crippen molar-refractivity contribution in [1.29, 1.82) is 0 Å². The van der Waals surface area contributed by atoms with Crippen LogP contribution in [0.4, 0.5) is 0 Å². The molecule has 2 heterocycles. The summed E-state index contributed by atoms with van der Waals surface area (Å²) in [6, 6.07) is 0. The standard InChI is InChI=1S/C9H16N2O3S/c10-8(12)7-4-11-5-9(7)2-1-3-15(13,14)6-9/h7,11H,1-6H2,(H2,10,12). The van der Waals surface area contributed by atoms with Crippen LogP contribution < -0.4 is 11.1 Å². The minimum absolute atomic E-state index is 0.112. The SMILES string of the molecule is NC(=O)C1CNCC12CCCS(=O)(=O)C2. The van der Waals surface area contributed by atoms with Crippen molar-refractivity contribution in [2.45, 2.75) is 12.8 Å². The minimum atomic E-state index is -2.99. The highest BCUT2D eigenvalue weighted by molar-refractivity contribution is 7.91. The van der Waals surface area contributed by atoms with Crippen LogP contribution in [0.25, 0.3) is 0 Å². The molecule has 0 radical (unpaired) electrons. The van der Waals surface area contributed by atoms with Gasteiger partial charge in [-0.2, -0.15) is 0 Å². The summed E-state index contributed by atoms with van der Waals surface area (Å²) < 4.78 is 23.2. The molecular weight excluding hydrogens is 216 g/mol. The van der Waals surface area contributed by atoms with Crippen molar-refractivity contribution in [3.05, 3.63) is 0 Å². The number of hydrogen-bond acceptors (Lipinski definition) is 4. The van der Waals surface area contributed by atoms with Crippen LogP contribution in [0.15, 0.2) is 0 Å². The summed E-state index contributed by atoms with van der Waals surface area (Å²) in [5, 5.41) is 3.09. The monoisotopic (exact) mass is 232 g/mol. The van der Waals surface area contributed by atoms with Gasteiger partial charge in [-0.3, -0.25) is 4.79 Å². The summed E-state index contributed by atoms with van der Waals surface area (Å²) in [5.74, 6) is -0.342. The molecule has 2 aliphatic heterocycles. The maximum atomic E-state index is 11.6. The van der Waals surface area contributed by atoms with E-state index in [4.69, 9.17) is 5.73 Å². The van der Waals surface area contributed by atoms with E-state index >= 15 is 0 Å². The molecule has 5 nitrogen and oxygen atoms in total. The number of rotatable bonds is 1. The second kappa shape index (κ2) is 3.45. The Morgan fingerprint density at radius 1 is 1.47 bits per heavy atom. The average molecular weight is 232 g/mol. The van der Waals surface area contributed by atoms with Crippen LogP contribution in [-0.2, 0) is 14.6 Å². The molecule has 2 unspecified atom stereocenters. The first-order valence-corrected chi connectivity index (χ1v) is 6.98. The summed E-state index contributed by atoms with van der Waals surface area (Å²) in [6.45, 7) is 1.12. The topological polar surface area (TPSA) is 89.3 Å². The van der Waals surface area contributed by atoms with E-state index in [1.54, 1.807) is 0 Å². The summed E-state index contributed by atoms with van der Waals surface area (Å²) in [4.78, 5) is 11.3. The zero-order valence-electron chi connectivity index (χ0n) is 8.53. The quantitative estimate of drug-likeness (QED) is 0.599. The van der Waals surface area contributed by atoms with Crippen LogP contribution in [0.1, 0.15) is 12.8 Å². The molecule has 15 heavy (non-hydrogen) atoms. The number of sulfone groups is 1. The lowest BCUT2D eigenvalue weighted by Crippen LogP contribution is -2.46. The van der Waals surface area contributed by atoms with Gasteiger partial charge in [0.15, 0.2) is 9.84 Å². The largest absolute Gasteiger partial charge is 0.369 e. The molecule has 0 bridgehead atoms. The van der Waals surface area contributed by atoms with Crippen LogP contribution in [-0.4, -0.2) is 38.9 Å². The molecule has 2 rings (SSSR count). The summed E-state index contributed by atoms with van der Waals surface area (Å²) >= 11 is 0. The molecule has 0 aromatic carbocycles. The number of primary amides is 1. The predicted molar refractivity (Wildman–Crippen MR) is 55.9 cm³/mol. The van der Waals surface area contributed by atoms with E-state index in [1.165, 1.54) is 0 Å². The average Bonchev–Trinajstić information content (AvgIpc) is 2.45. The van der Waals surface area contributed by atoms with E-state index in [0.29, 0.717) is 19.5 Å². The Kier molecular flexibility index (Phi) is 2.50. The Hall–Kier alpha value is -0.620. The number of carbonyl (C=O) groups is 1. The molecule has 0 aliphatic carbocycles.